The average Bonchev–Trinajstić information content (AvgIpc) is 2.54. The molecule has 17 heavy (non-hydrogen) atoms. The average molecular weight is 345 g/mol. The van der Waals surface area contributed by atoms with Gasteiger partial charge in [-0.15, -0.1) is 0 Å². The van der Waals surface area contributed by atoms with Gasteiger partial charge in [-0.05, 0) is 60.2 Å². The van der Waals surface area contributed by atoms with Crippen LogP contribution < -0.4 is 4.90 Å². The highest BCUT2D eigenvalue weighted by Crippen LogP contribution is 2.29. The maximum atomic E-state index is 11.9. The molecule has 1 aromatic rings. The van der Waals surface area contributed by atoms with Crippen molar-refractivity contribution < 1.29 is 9.53 Å². The lowest BCUT2D eigenvalue weighted by molar-refractivity contribution is -0.117. The number of amides is 1. The van der Waals surface area contributed by atoms with E-state index in [1.165, 1.54) is 3.57 Å². The van der Waals surface area contributed by atoms with Gasteiger partial charge in [0.1, 0.15) is 0 Å². The van der Waals surface area contributed by atoms with Crippen molar-refractivity contribution in [3.63, 3.8) is 0 Å². The normalized spacial score (nSPS) is 14.6. The molecular formula is C13H16INO2. The Morgan fingerprint density at radius 3 is 2.94 bits per heavy atom. The number of carbonyl (C=O) groups is 1. The van der Waals surface area contributed by atoms with E-state index >= 15 is 0 Å². The van der Waals surface area contributed by atoms with E-state index in [0.717, 1.165) is 11.3 Å². The molecule has 0 saturated heterocycles. The third-order valence-corrected chi connectivity index (χ3v) is 3.41. The summed E-state index contributed by atoms with van der Waals surface area (Å²) in [5, 5.41) is 0. The van der Waals surface area contributed by atoms with Crippen molar-refractivity contribution in [3.05, 3.63) is 27.3 Å². The van der Waals surface area contributed by atoms with Crippen LogP contribution in [0.4, 0.5) is 5.69 Å². The molecule has 0 radical (unpaired) electrons. The fourth-order valence-electron chi connectivity index (χ4n) is 1.98. The number of anilines is 1. The van der Waals surface area contributed by atoms with Crippen LogP contribution in [-0.2, 0) is 16.0 Å². The van der Waals surface area contributed by atoms with Crippen LogP contribution in [0.1, 0.15) is 19.4 Å². The van der Waals surface area contributed by atoms with Gasteiger partial charge in [-0.2, -0.15) is 0 Å². The number of ether oxygens (including phenoxy) is 1. The van der Waals surface area contributed by atoms with E-state index in [-0.39, 0.29) is 12.0 Å². The second kappa shape index (κ2) is 5.35. The molecular weight excluding hydrogens is 329 g/mol. The minimum absolute atomic E-state index is 0.175. The zero-order valence-corrected chi connectivity index (χ0v) is 12.2. The molecule has 0 atom stereocenters. The van der Waals surface area contributed by atoms with Crippen molar-refractivity contribution in [2.24, 2.45) is 0 Å². The second-order valence-corrected chi connectivity index (χ2v) is 5.66. The molecule has 0 fully saturated rings. The van der Waals surface area contributed by atoms with E-state index < -0.39 is 0 Å². The number of rotatable bonds is 4. The third-order valence-electron chi connectivity index (χ3n) is 2.74. The van der Waals surface area contributed by atoms with Crippen molar-refractivity contribution in [3.8, 4) is 0 Å². The number of hydrogen-bond acceptors (Lipinski definition) is 2. The molecule has 4 heteroatoms. The number of fused-ring (bicyclic) bond motifs is 1. The second-order valence-electron chi connectivity index (χ2n) is 4.41. The van der Waals surface area contributed by atoms with Crippen molar-refractivity contribution in [1.82, 2.24) is 0 Å². The highest BCUT2D eigenvalue weighted by molar-refractivity contribution is 14.1. The third kappa shape index (κ3) is 2.98. The topological polar surface area (TPSA) is 29.5 Å². The van der Waals surface area contributed by atoms with E-state index in [1.807, 2.05) is 30.9 Å². The van der Waals surface area contributed by atoms with Crippen LogP contribution in [0.3, 0.4) is 0 Å². The molecule has 0 spiro atoms. The number of nitrogens with zero attached hydrogens (tertiary/aromatic N) is 1. The largest absolute Gasteiger partial charge is 0.377 e. The van der Waals surface area contributed by atoms with Crippen LogP contribution in [-0.4, -0.2) is 25.2 Å². The van der Waals surface area contributed by atoms with Gasteiger partial charge in [0.2, 0.25) is 5.91 Å². The molecule has 92 valence electrons. The van der Waals surface area contributed by atoms with Crippen molar-refractivity contribution >= 4 is 34.2 Å². The summed E-state index contributed by atoms with van der Waals surface area (Å²) in [7, 11) is 0. The van der Waals surface area contributed by atoms with E-state index in [1.54, 1.807) is 0 Å². The molecule has 0 unspecified atom stereocenters. The Bertz CT molecular complexity index is 431. The quantitative estimate of drug-likeness (QED) is 0.786. The first-order valence-corrected chi connectivity index (χ1v) is 6.86. The molecule has 1 aromatic carbocycles. The van der Waals surface area contributed by atoms with Gasteiger partial charge in [0.15, 0.2) is 0 Å². The predicted molar refractivity (Wildman–Crippen MR) is 76.3 cm³/mol. The summed E-state index contributed by atoms with van der Waals surface area (Å²) in [5.74, 6) is 0.175. The van der Waals surface area contributed by atoms with Crippen molar-refractivity contribution in [2.75, 3.05) is 18.1 Å². The first-order chi connectivity index (χ1) is 8.08. The summed E-state index contributed by atoms with van der Waals surface area (Å²) >= 11 is 2.27. The lowest BCUT2D eigenvalue weighted by Gasteiger charge is -2.18. The number of halogens is 1. The summed E-state index contributed by atoms with van der Waals surface area (Å²) in [4.78, 5) is 13.7. The zero-order chi connectivity index (χ0) is 12.4. The van der Waals surface area contributed by atoms with Gasteiger partial charge in [0, 0.05) is 15.8 Å². The molecule has 1 aliphatic heterocycles. The Hall–Kier alpha value is -0.620. The van der Waals surface area contributed by atoms with E-state index in [4.69, 9.17) is 4.74 Å². The zero-order valence-electron chi connectivity index (χ0n) is 10.1. The number of benzene rings is 1. The SMILES string of the molecule is CC(C)OCCN1C(=O)Cc2cc(I)ccc21. The van der Waals surface area contributed by atoms with Crippen LogP contribution in [0.5, 0.6) is 0 Å². The molecule has 0 N–H and O–H groups in total. The highest BCUT2D eigenvalue weighted by Gasteiger charge is 2.26. The Balaban J connectivity index is 2.07. The van der Waals surface area contributed by atoms with Crippen LogP contribution in [0.2, 0.25) is 0 Å². The Labute approximate surface area is 115 Å². The van der Waals surface area contributed by atoms with Gasteiger partial charge < -0.3 is 9.64 Å². The maximum absolute atomic E-state index is 11.9. The molecule has 1 amide bonds. The maximum Gasteiger partial charge on any atom is 0.231 e. The van der Waals surface area contributed by atoms with Crippen molar-refractivity contribution in [2.45, 2.75) is 26.4 Å². The molecule has 0 saturated carbocycles. The molecule has 2 rings (SSSR count). The number of hydrogen-bond donors (Lipinski definition) is 0. The summed E-state index contributed by atoms with van der Waals surface area (Å²) in [6.07, 6.45) is 0.734. The minimum Gasteiger partial charge on any atom is -0.377 e. The summed E-state index contributed by atoms with van der Waals surface area (Å²) in [6.45, 7) is 5.24. The summed E-state index contributed by atoms with van der Waals surface area (Å²) < 4.78 is 6.67. The summed E-state index contributed by atoms with van der Waals surface area (Å²) in [6, 6.07) is 6.14. The Morgan fingerprint density at radius 1 is 1.47 bits per heavy atom. The molecule has 1 aliphatic rings. The predicted octanol–water partition coefficient (Wildman–Crippen LogP) is 2.61. The van der Waals surface area contributed by atoms with Gasteiger partial charge >= 0.3 is 0 Å². The van der Waals surface area contributed by atoms with E-state index in [0.29, 0.717) is 19.6 Å². The van der Waals surface area contributed by atoms with Crippen molar-refractivity contribution in [1.29, 1.82) is 0 Å². The Morgan fingerprint density at radius 2 is 2.24 bits per heavy atom. The van der Waals surface area contributed by atoms with E-state index in [2.05, 4.69) is 28.7 Å². The van der Waals surface area contributed by atoms with Gasteiger partial charge in [-0.1, -0.05) is 0 Å². The molecule has 1 heterocycles. The lowest BCUT2D eigenvalue weighted by atomic mass is 10.2. The molecule has 3 nitrogen and oxygen atoms in total. The van der Waals surface area contributed by atoms with Crippen LogP contribution in [0.25, 0.3) is 0 Å². The monoisotopic (exact) mass is 345 g/mol. The fourth-order valence-corrected chi connectivity index (χ4v) is 2.53. The van der Waals surface area contributed by atoms with E-state index in [9.17, 15) is 4.79 Å². The van der Waals surface area contributed by atoms with Gasteiger partial charge in [0.05, 0.1) is 19.1 Å². The first kappa shape index (κ1) is 12.8. The number of carbonyl (C=O) groups excluding carboxylic acids is 1. The summed E-state index contributed by atoms with van der Waals surface area (Å²) in [5.41, 5.74) is 2.18. The fraction of sp³-hybridized carbons (Fsp3) is 0.462. The van der Waals surface area contributed by atoms with Gasteiger partial charge in [-0.25, -0.2) is 0 Å². The van der Waals surface area contributed by atoms with Gasteiger partial charge in [0.25, 0.3) is 0 Å². The standard InChI is InChI=1S/C13H16INO2/c1-9(2)17-6-5-15-12-4-3-11(14)7-10(12)8-13(15)16/h3-4,7,9H,5-6,8H2,1-2H3. The van der Waals surface area contributed by atoms with Crippen LogP contribution in [0, 0.1) is 3.57 Å². The highest BCUT2D eigenvalue weighted by atomic mass is 127. The smallest absolute Gasteiger partial charge is 0.231 e. The van der Waals surface area contributed by atoms with Gasteiger partial charge in [-0.3, -0.25) is 4.79 Å². The molecule has 0 bridgehead atoms. The minimum atomic E-state index is 0.175. The molecule has 0 aromatic heterocycles. The lowest BCUT2D eigenvalue weighted by Crippen LogP contribution is -2.31. The van der Waals surface area contributed by atoms with Crippen LogP contribution >= 0.6 is 22.6 Å². The molecule has 0 aliphatic carbocycles. The first-order valence-electron chi connectivity index (χ1n) is 5.78. The Kier molecular flexibility index (Phi) is 4.04. The van der Waals surface area contributed by atoms with Crippen LogP contribution in [0.15, 0.2) is 18.2 Å².